The largest absolute Gasteiger partial charge is 0.285 e. The molecule has 0 aromatic carbocycles. The van der Waals surface area contributed by atoms with Crippen LogP contribution in [0, 0.1) is 0 Å². The number of hydrogen-bond acceptors (Lipinski definition) is 1. The Morgan fingerprint density at radius 2 is 1.62 bits per heavy atom. The molecule has 0 aromatic heterocycles. The van der Waals surface area contributed by atoms with Crippen molar-refractivity contribution in [2.24, 2.45) is 0 Å². The SMILES string of the molecule is CCCCC(Cl)(CCCC)C(=O)Br. The van der Waals surface area contributed by atoms with Gasteiger partial charge in [0.1, 0.15) is 4.87 Å². The summed E-state index contributed by atoms with van der Waals surface area (Å²) < 4.78 is -0.0523. The summed E-state index contributed by atoms with van der Waals surface area (Å²) in [6.45, 7) is 4.21. The molecule has 0 saturated heterocycles. The summed E-state index contributed by atoms with van der Waals surface area (Å²) in [5.41, 5.74) is 0. The zero-order chi connectivity index (χ0) is 10.3. The van der Waals surface area contributed by atoms with E-state index in [0.29, 0.717) is 0 Å². The fraction of sp³-hybridized carbons (Fsp3) is 0.900. The van der Waals surface area contributed by atoms with Crippen molar-refractivity contribution in [2.45, 2.75) is 57.2 Å². The van der Waals surface area contributed by atoms with Crippen LogP contribution in [0.4, 0.5) is 0 Å². The van der Waals surface area contributed by atoms with Gasteiger partial charge in [-0.05, 0) is 28.8 Å². The van der Waals surface area contributed by atoms with Crippen molar-refractivity contribution in [1.29, 1.82) is 0 Å². The normalized spacial score (nSPS) is 11.7. The van der Waals surface area contributed by atoms with Crippen LogP contribution >= 0.6 is 27.5 Å². The van der Waals surface area contributed by atoms with Gasteiger partial charge in [-0.1, -0.05) is 39.5 Å². The molecule has 0 bridgehead atoms. The molecule has 0 spiro atoms. The molecule has 0 aliphatic heterocycles. The van der Waals surface area contributed by atoms with Gasteiger partial charge >= 0.3 is 0 Å². The van der Waals surface area contributed by atoms with Crippen LogP contribution in [-0.4, -0.2) is 9.57 Å². The van der Waals surface area contributed by atoms with Gasteiger partial charge < -0.3 is 0 Å². The molecule has 0 aliphatic carbocycles. The molecule has 0 saturated carbocycles. The number of rotatable bonds is 7. The fourth-order valence-electron chi connectivity index (χ4n) is 1.24. The number of hydrogen-bond donors (Lipinski definition) is 0. The third-order valence-electron chi connectivity index (χ3n) is 2.21. The highest BCUT2D eigenvalue weighted by atomic mass is 79.9. The molecule has 0 aromatic rings. The minimum absolute atomic E-state index is 0.0523. The van der Waals surface area contributed by atoms with Gasteiger partial charge in [-0.2, -0.15) is 0 Å². The van der Waals surface area contributed by atoms with E-state index in [4.69, 9.17) is 11.6 Å². The Morgan fingerprint density at radius 1 is 1.23 bits per heavy atom. The molecule has 0 aliphatic rings. The van der Waals surface area contributed by atoms with Crippen molar-refractivity contribution < 1.29 is 4.79 Å². The topological polar surface area (TPSA) is 17.1 Å². The van der Waals surface area contributed by atoms with Gasteiger partial charge in [0.05, 0.1) is 0 Å². The van der Waals surface area contributed by atoms with Crippen molar-refractivity contribution in [3.63, 3.8) is 0 Å². The highest BCUT2D eigenvalue weighted by Crippen LogP contribution is 2.31. The van der Waals surface area contributed by atoms with Crippen molar-refractivity contribution in [1.82, 2.24) is 0 Å². The molecule has 3 heteroatoms. The summed E-state index contributed by atoms with van der Waals surface area (Å²) in [5.74, 6) is 0. The molecule has 1 nitrogen and oxygen atoms in total. The van der Waals surface area contributed by atoms with Gasteiger partial charge in [-0.15, -0.1) is 11.6 Å². The summed E-state index contributed by atoms with van der Waals surface area (Å²) in [6, 6.07) is 0. The van der Waals surface area contributed by atoms with E-state index in [1.165, 1.54) is 0 Å². The Hall–Kier alpha value is 0.440. The van der Waals surface area contributed by atoms with Crippen LogP contribution in [0.3, 0.4) is 0 Å². The Bertz CT molecular complexity index is 151. The van der Waals surface area contributed by atoms with Gasteiger partial charge in [0.2, 0.25) is 4.69 Å². The Balaban J connectivity index is 4.08. The van der Waals surface area contributed by atoms with Crippen molar-refractivity contribution in [3.8, 4) is 0 Å². The lowest BCUT2D eigenvalue weighted by Crippen LogP contribution is -2.28. The third-order valence-corrected chi connectivity index (χ3v) is 3.74. The summed E-state index contributed by atoms with van der Waals surface area (Å²) >= 11 is 9.22. The molecular weight excluding hydrogens is 251 g/mol. The average molecular weight is 270 g/mol. The third kappa shape index (κ3) is 5.02. The molecule has 0 N–H and O–H groups in total. The first-order valence-electron chi connectivity index (χ1n) is 4.95. The zero-order valence-corrected chi connectivity index (χ0v) is 10.7. The predicted molar refractivity (Wildman–Crippen MR) is 61.6 cm³/mol. The lowest BCUT2D eigenvalue weighted by atomic mass is 9.96. The average Bonchev–Trinajstić information content (AvgIpc) is 2.11. The molecule has 0 rings (SSSR count). The van der Waals surface area contributed by atoms with E-state index in [0.717, 1.165) is 38.5 Å². The number of unbranched alkanes of at least 4 members (excludes halogenated alkanes) is 2. The van der Waals surface area contributed by atoms with Crippen LogP contribution in [0.25, 0.3) is 0 Å². The minimum Gasteiger partial charge on any atom is -0.285 e. The predicted octanol–water partition coefficient (Wildman–Crippen LogP) is 4.27. The van der Waals surface area contributed by atoms with Crippen LogP contribution in [0.15, 0.2) is 0 Å². The summed E-state index contributed by atoms with van der Waals surface area (Å²) in [6.07, 6.45) is 5.78. The maximum absolute atomic E-state index is 11.3. The summed E-state index contributed by atoms with van der Waals surface area (Å²) in [5, 5.41) is 0. The van der Waals surface area contributed by atoms with Gasteiger partial charge in [-0.25, -0.2) is 0 Å². The minimum atomic E-state index is -0.647. The van der Waals surface area contributed by atoms with E-state index in [1.54, 1.807) is 0 Å². The molecule has 0 atom stereocenters. The first kappa shape index (κ1) is 13.4. The van der Waals surface area contributed by atoms with E-state index >= 15 is 0 Å². The molecule has 78 valence electrons. The van der Waals surface area contributed by atoms with Crippen LogP contribution in [-0.2, 0) is 4.79 Å². The van der Waals surface area contributed by atoms with Crippen LogP contribution in [0.1, 0.15) is 52.4 Å². The number of carbonyl (C=O) groups is 1. The number of carbonyl (C=O) groups excluding carboxylic acids is 1. The lowest BCUT2D eigenvalue weighted by molar-refractivity contribution is -0.113. The molecule has 13 heavy (non-hydrogen) atoms. The van der Waals surface area contributed by atoms with E-state index < -0.39 is 4.87 Å². The summed E-state index contributed by atoms with van der Waals surface area (Å²) in [4.78, 5) is 10.6. The van der Waals surface area contributed by atoms with E-state index in [1.807, 2.05) is 0 Å². The summed E-state index contributed by atoms with van der Waals surface area (Å²) in [7, 11) is 0. The highest BCUT2D eigenvalue weighted by Gasteiger charge is 2.32. The smallest absolute Gasteiger partial charge is 0.218 e. The monoisotopic (exact) mass is 268 g/mol. The second-order valence-corrected chi connectivity index (χ2v) is 4.89. The first-order valence-corrected chi connectivity index (χ1v) is 6.12. The second-order valence-electron chi connectivity index (χ2n) is 3.45. The number of alkyl halides is 1. The Labute approximate surface area is 94.4 Å². The first-order chi connectivity index (χ1) is 6.06. The molecular formula is C10H18BrClO. The Morgan fingerprint density at radius 3 is 1.85 bits per heavy atom. The zero-order valence-electron chi connectivity index (χ0n) is 8.41. The van der Waals surface area contributed by atoms with Gasteiger partial charge in [0, 0.05) is 0 Å². The second kappa shape index (κ2) is 6.83. The quantitative estimate of drug-likeness (QED) is 0.498. The highest BCUT2D eigenvalue weighted by molar-refractivity contribution is 9.18. The molecule has 0 heterocycles. The van der Waals surface area contributed by atoms with Crippen molar-refractivity contribution in [3.05, 3.63) is 0 Å². The van der Waals surface area contributed by atoms with Crippen LogP contribution in [0.5, 0.6) is 0 Å². The molecule has 0 unspecified atom stereocenters. The van der Waals surface area contributed by atoms with Crippen molar-refractivity contribution >= 4 is 32.2 Å². The van der Waals surface area contributed by atoms with E-state index in [9.17, 15) is 4.79 Å². The van der Waals surface area contributed by atoms with E-state index in [-0.39, 0.29) is 4.69 Å². The molecule has 0 amide bonds. The van der Waals surface area contributed by atoms with Crippen LogP contribution in [0.2, 0.25) is 0 Å². The fourth-order valence-corrected chi connectivity index (χ4v) is 1.90. The molecule has 0 fully saturated rings. The van der Waals surface area contributed by atoms with Crippen molar-refractivity contribution in [2.75, 3.05) is 0 Å². The standard InChI is InChI=1S/C10H18BrClO/c1-3-5-7-10(12,9(11)13)8-6-4-2/h3-8H2,1-2H3. The maximum atomic E-state index is 11.3. The van der Waals surface area contributed by atoms with Gasteiger partial charge in [0.25, 0.3) is 0 Å². The van der Waals surface area contributed by atoms with Crippen LogP contribution < -0.4 is 0 Å². The lowest BCUT2D eigenvalue weighted by Gasteiger charge is -2.22. The maximum Gasteiger partial charge on any atom is 0.218 e. The van der Waals surface area contributed by atoms with Gasteiger partial charge in [0.15, 0.2) is 0 Å². The molecule has 0 radical (unpaired) electrons. The Kier molecular flexibility index (Phi) is 7.06. The van der Waals surface area contributed by atoms with E-state index in [2.05, 4.69) is 29.8 Å². The number of halogens is 2. The van der Waals surface area contributed by atoms with Gasteiger partial charge in [-0.3, -0.25) is 4.79 Å².